The molecule has 0 amide bonds. The molecule has 0 saturated carbocycles. The molecule has 0 aliphatic heterocycles. The zero-order valence-electron chi connectivity index (χ0n) is 26.9. The van der Waals surface area contributed by atoms with E-state index in [-0.39, 0.29) is 0 Å². The lowest BCUT2D eigenvalue weighted by atomic mass is 9.98. The van der Waals surface area contributed by atoms with E-state index in [0.717, 1.165) is 63.0 Å². The van der Waals surface area contributed by atoms with Crippen molar-refractivity contribution in [2.45, 2.75) is 12.8 Å². The maximum Gasteiger partial charge on any atom is 0.159 e. The smallest absolute Gasteiger partial charge is 0.159 e. The van der Waals surface area contributed by atoms with Crippen LogP contribution >= 0.6 is 0 Å². The number of nitrogens with zero attached hydrogens (tertiary/aromatic N) is 2. The van der Waals surface area contributed by atoms with E-state index in [1.54, 1.807) is 0 Å². The van der Waals surface area contributed by atoms with Gasteiger partial charge in [-0.1, -0.05) is 115 Å². The Labute approximate surface area is 284 Å². The molecular formula is C46H32N2O. The molecule has 9 aromatic rings. The maximum absolute atomic E-state index is 6.82. The quantitative estimate of drug-likeness (QED) is 0.189. The topological polar surface area (TPSA) is 21.3 Å². The first-order valence-electron chi connectivity index (χ1n) is 17.0. The van der Waals surface area contributed by atoms with Crippen LogP contribution < -0.4 is 4.90 Å². The van der Waals surface area contributed by atoms with E-state index in [1.165, 1.54) is 38.2 Å². The number of para-hydroxylation sites is 3. The van der Waals surface area contributed by atoms with Crippen molar-refractivity contribution in [1.82, 2.24) is 4.57 Å². The summed E-state index contributed by atoms with van der Waals surface area (Å²) >= 11 is 0. The van der Waals surface area contributed by atoms with Gasteiger partial charge in [0.1, 0.15) is 5.58 Å². The molecule has 3 heteroatoms. The lowest BCUT2D eigenvalue weighted by Crippen LogP contribution is -2.11. The van der Waals surface area contributed by atoms with E-state index >= 15 is 0 Å². The molecule has 1 aliphatic carbocycles. The molecule has 0 N–H and O–H groups in total. The number of hydrogen-bond donors (Lipinski definition) is 0. The Balaban J connectivity index is 1.26. The number of fused-ring (bicyclic) bond motifs is 8. The van der Waals surface area contributed by atoms with Crippen molar-refractivity contribution < 1.29 is 4.42 Å². The number of aromatic nitrogens is 1. The van der Waals surface area contributed by atoms with E-state index in [2.05, 4.69) is 179 Å². The standard InChI is InChI=1S/C46H32N2O/c1-3-13-31(14-4-1)33-16-11-19-35(29-33)47(42-24-12-22-40-45-37-20-8-7-15-32(37)25-28-44(45)49-46(40)42)36-26-27-39-38-21-9-10-23-41(38)48(43(39)30-36)34-17-5-2-6-18-34/h2-3,5-30H,1,4H2. The number of benzene rings is 7. The summed E-state index contributed by atoms with van der Waals surface area (Å²) in [7, 11) is 0. The lowest BCUT2D eigenvalue weighted by Gasteiger charge is -2.26. The molecule has 49 heavy (non-hydrogen) atoms. The summed E-state index contributed by atoms with van der Waals surface area (Å²) in [5.41, 5.74) is 10.9. The molecule has 1 aliphatic rings. The molecule has 3 nitrogen and oxygen atoms in total. The highest BCUT2D eigenvalue weighted by Crippen LogP contribution is 2.45. The Kier molecular flexibility index (Phi) is 6.31. The molecular weight excluding hydrogens is 597 g/mol. The Hall–Kier alpha value is -6.32. The summed E-state index contributed by atoms with van der Waals surface area (Å²) in [5.74, 6) is 0. The Bertz CT molecular complexity index is 2780. The Morgan fingerprint density at radius 2 is 1.33 bits per heavy atom. The van der Waals surface area contributed by atoms with Crippen LogP contribution in [0.1, 0.15) is 18.4 Å². The highest BCUT2D eigenvalue weighted by atomic mass is 16.3. The summed E-state index contributed by atoms with van der Waals surface area (Å²) < 4.78 is 9.20. The van der Waals surface area contributed by atoms with Gasteiger partial charge in [0.15, 0.2) is 5.58 Å². The number of allylic oxidation sites excluding steroid dienone is 4. The first-order valence-corrected chi connectivity index (χ1v) is 17.0. The second kappa shape index (κ2) is 11.1. The van der Waals surface area contributed by atoms with Gasteiger partial charge < -0.3 is 13.9 Å². The zero-order chi connectivity index (χ0) is 32.3. The number of hydrogen-bond acceptors (Lipinski definition) is 2. The SMILES string of the molecule is C1=CC(c2cccc(N(c3ccc4c5ccccc5n(-c5ccccc5)c4c3)c3cccc4c3oc3ccc5ccccc5c34)c2)=CCC1. The van der Waals surface area contributed by atoms with E-state index < -0.39 is 0 Å². The molecule has 0 bridgehead atoms. The highest BCUT2D eigenvalue weighted by Gasteiger charge is 2.22. The summed E-state index contributed by atoms with van der Waals surface area (Å²) in [4.78, 5) is 2.37. The van der Waals surface area contributed by atoms with Gasteiger partial charge in [-0.05, 0) is 89.3 Å². The Morgan fingerprint density at radius 1 is 0.551 bits per heavy atom. The average Bonchev–Trinajstić information content (AvgIpc) is 3.72. The largest absolute Gasteiger partial charge is 0.454 e. The molecule has 0 fully saturated rings. The van der Waals surface area contributed by atoms with Crippen LogP contribution in [0, 0.1) is 0 Å². The number of rotatable bonds is 5. The van der Waals surface area contributed by atoms with Gasteiger partial charge in [-0.25, -0.2) is 0 Å². The van der Waals surface area contributed by atoms with Crippen molar-refractivity contribution in [3.05, 3.63) is 175 Å². The predicted molar refractivity (Wildman–Crippen MR) is 207 cm³/mol. The second-order valence-electron chi connectivity index (χ2n) is 12.8. The van der Waals surface area contributed by atoms with Gasteiger partial charge in [0.25, 0.3) is 0 Å². The molecule has 10 rings (SSSR count). The normalized spacial score (nSPS) is 13.2. The molecule has 0 saturated heterocycles. The molecule has 232 valence electrons. The van der Waals surface area contributed by atoms with E-state index in [0.29, 0.717) is 0 Å². The zero-order valence-corrected chi connectivity index (χ0v) is 26.9. The molecule has 0 unspecified atom stereocenters. The number of furan rings is 1. The fourth-order valence-electron chi connectivity index (χ4n) is 7.76. The first kappa shape index (κ1) is 27.8. The van der Waals surface area contributed by atoms with Crippen LogP contribution in [0.4, 0.5) is 17.1 Å². The molecule has 2 heterocycles. The van der Waals surface area contributed by atoms with Crippen molar-refractivity contribution in [1.29, 1.82) is 0 Å². The summed E-state index contributed by atoms with van der Waals surface area (Å²) in [5, 5.41) is 7.14. The minimum atomic E-state index is 0.875. The maximum atomic E-state index is 6.82. The average molecular weight is 629 g/mol. The van der Waals surface area contributed by atoms with E-state index in [9.17, 15) is 0 Å². The van der Waals surface area contributed by atoms with Gasteiger partial charge in [0.2, 0.25) is 0 Å². The third kappa shape index (κ3) is 4.43. The summed E-state index contributed by atoms with van der Waals surface area (Å²) in [6, 6.07) is 54.5. The minimum Gasteiger partial charge on any atom is -0.454 e. The van der Waals surface area contributed by atoms with Gasteiger partial charge in [-0.15, -0.1) is 0 Å². The van der Waals surface area contributed by atoms with Crippen molar-refractivity contribution >= 4 is 77.2 Å². The number of anilines is 3. The van der Waals surface area contributed by atoms with Gasteiger partial charge in [-0.3, -0.25) is 0 Å². The third-order valence-electron chi connectivity index (χ3n) is 9.97. The van der Waals surface area contributed by atoms with Crippen LogP contribution in [0.15, 0.2) is 174 Å². The highest BCUT2D eigenvalue weighted by molar-refractivity contribution is 6.21. The minimum absolute atomic E-state index is 0.875. The van der Waals surface area contributed by atoms with Crippen molar-refractivity contribution in [2.24, 2.45) is 0 Å². The molecule has 7 aromatic carbocycles. The van der Waals surface area contributed by atoms with Crippen molar-refractivity contribution in [2.75, 3.05) is 4.90 Å². The fourth-order valence-corrected chi connectivity index (χ4v) is 7.76. The van der Waals surface area contributed by atoms with Crippen LogP contribution in [0.2, 0.25) is 0 Å². The van der Waals surface area contributed by atoms with Crippen LogP contribution in [0.3, 0.4) is 0 Å². The second-order valence-corrected chi connectivity index (χ2v) is 12.8. The van der Waals surface area contributed by atoms with Gasteiger partial charge in [0, 0.05) is 38.6 Å². The van der Waals surface area contributed by atoms with Crippen LogP contribution in [0.5, 0.6) is 0 Å². The monoisotopic (exact) mass is 628 g/mol. The van der Waals surface area contributed by atoms with E-state index in [4.69, 9.17) is 4.42 Å². The summed E-state index contributed by atoms with van der Waals surface area (Å²) in [6.45, 7) is 0. The first-order chi connectivity index (χ1) is 24.3. The van der Waals surface area contributed by atoms with Crippen LogP contribution in [0.25, 0.3) is 65.8 Å². The predicted octanol–water partition coefficient (Wildman–Crippen LogP) is 13.0. The van der Waals surface area contributed by atoms with Crippen LogP contribution in [-0.2, 0) is 0 Å². The van der Waals surface area contributed by atoms with Crippen LogP contribution in [-0.4, -0.2) is 4.57 Å². The van der Waals surface area contributed by atoms with Gasteiger partial charge in [-0.2, -0.15) is 0 Å². The van der Waals surface area contributed by atoms with Gasteiger partial charge in [0.05, 0.1) is 16.7 Å². The van der Waals surface area contributed by atoms with Gasteiger partial charge >= 0.3 is 0 Å². The Morgan fingerprint density at radius 3 is 2.22 bits per heavy atom. The fraction of sp³-hybridized carbons (Fsp3) is 0.0435. The summed E-state index contributed by atoms with van der Waals surface area (Å²) in [6.07, 6.45) is 9.02. The van der Waals surface area contributed by atoms with E-state index in [1.807, 2.05) is 0 Å². The van der Waals surface area contributed by atoms with Crippen molar-refractivity contribution in [3.63, 3.8) is 0 Å². The molecule has 2 aromatic heterocycles. The third-order valence-corrected chi connectivity index (χ3v) is 9.97. The molecule has 0 radical (unpaired) electrons. The molecule has 0 spiro atoms. The lowest BCUT2D eigenvalue weighted by molar-refractivity contribution is 0.669. The van der Waals surface area contributed by atoms with Crippen molar-refractivity contribution in [3.8, 4) is 5.69 Å². The molecule has 0 atom stereocenters.